The third-order valence-electron chi connectivity index (χ3n) is 1.74. The topological polar surface area (TPSA) is 43.1 Å². The highest BCUT2D eigenvalue weighted by atomic mass is 79.9. The van der Waals surface area contributed by atoms with E-state index in [-0.39, 0.29) is 0 Å². The smallest absolute Gasteiger partial charge is 0.173 e. The molecule has 1 aliphatic rings. The molecule has 0 amide bonds. The summed E-state index contributed by atoms with van der Waals surface area (Å²) in [7, 11) is 0. The van der Waals surface area contributed by atoms with Crippen LogP contribution < -0.4 is 0 Å². The Labute approximate surface area is 71.9 Å². The van der Waals surface area contributed by atoms with Gasteiger partial charge in [0, 0.05) is 5.92 Å². The SMILES string of the molecule is O=Cc1noc(C2CC2)c1Br. The van der Waals surface area contributed by atoms with Gasteiger partial charge in [-0.05, 0) is 28.8 Å². The second kappa shape index (κ2) is 2.44. The van der Waals surface area contributed by atoms with Crippen LogP contribution in [0.15, 0.2) is 9.00 Å². The average molecular weight is 216 g/mol. The minimum atomic E-state index is 0.367. The number of hydrogen-bond acceptors (Lipinski definition) is 3. The highest BCUT2D eigenvalue weighted by molar-refractivity contribution is 9.10. The molecule has 0 bridgehead atoms. The van der Waals surface area contributed by atoms with Crippen LogP contribution in [0.25, 0.3) is 0 Å². The predicted octanol–water partition coefficient (Wildman–Crippen LogP) is 2.13. The van der Waals surface area contributed by atoms with Gasteiger partial charge in [0.05, 0.1) is 4.47 Å². The van der Waals surface area contributed by atoms with Gasteiger partial charge in [-0.25, -0.2) is 0 Å². The number of nitrogens with zero attached hydrogens (tertiary/aromatic N) is 1. The molecule has 0 radical (unpaired) electrons. The van der Waals surface area contributed by atoms with Crippen molar-refractivity contribution in [3.05, 3.63) is 15.9 Å². The maximum Gasteiger partial charge on any atom is 0.173 e. The summed E-state index contributed by atoms with van der Waals surface area (Å²) >= 11 is 3.26. The van der Waals surface area contributed by atoms with Crippen molar-refractivity contribution in [2.75, 3.05) is 0 Å². The van der Waals surface area contributed by atoms with E-state index in [9.17, 15) is 4.79 Å². The van der Waals surface area contributed by atoms with Gasteiger partial charge in [0.2, 0.25) is 0 Å². The zero-order chi connectivity index (χ0) is 7.84. The highest BCUT2D eigenvalue weighted by Gasteiger charge is 2.31. The van der Waals surface area contributed by atoms with Gasteiger partial charge >= 0.3 is 0 Å². The van der Waals surface area contributed by atoms with Crippen LogP contribution in [0.3, 0.4) is 0 Å². The summed E-state index contributed by atoms with van der Waals surface area (Å²) < 4.78 is 5.71. The fourth-order valence-electron chi connectivity index (χ4n) is 0.977. The first kappa shape index (κ1) is 7.03. The summed E-state index contributed by atoms with van der Waals surface area (Å²) in [6.45, 7) is 0. The Hall–Kier alpha value is -0.640. The summed E-state index contributed by atoms with van der Waals surface area (Å²) in [6, 6.07) is 0. The van der Waals surface area contributed by atoms with Gasteiger partial charge in [-0.1, -0.05) is 5.16 Å². The Morgan fingerprint density at radius 2 is 2.36 bits per heavy atom. The van der Waals surface area contributed by atoms with E-state index in [2.05, 4.69) is 21.1 Å². The quantitative estimate of drug-likeness (QED) is 0.711. The van der Waals surface area contributed by atoms with Crippen molar-refractivity contribution in [1.29, 1.82) is 0 Å². The molecule has 1 aromatic rings. The second-order valence-corrected chi connectivity index (χ2v) is 3.43. The third kappa shape index (κ3) is 1.11. The van der Waals surface area contributed by atoms with E-state index in [1.54, 1.807) is 0 Å². The van der Waals surface area contributed by atoms with E-state index in [1.165, 1.54) is 0 Å². The van der Waals surface area contributed by atoms with Crippen LogP contribution in [0.1, 0.15) is 35.0 Å². The van der Waals surface area contributed by atoms with Crippen LogP contribution in [0.5, 0.6) is 0 Å². The van der Waals surface area contributed by atoms with Gasteiger partial charge in [0.15, 0.2) is 17.7 Å². The van der Waals surface area contributed by atoms with E-state index < -0.39 is 0 Å². The van der Waals surface area contributed by atoms with E-state index >= 15 is 0 Å². The Kier molecular flexibility index (Phi) is 1.56. The van der Waals surface area contributed by atoms with E-state index in [4.69, 9.17) is 4.52 Å². The van der Waals surface area contributed by atoms with Crippen molar-refractivity contribution in [1.82, 2.24) is 5.16 Å². The Balaban J connectivity index is 2.40. The summed E-state index contributed by atoms with van der Waals surface area (Å²) in [5.41, 5.74) is 0.367. The third-order valence-corrected chi connectivity index (χ3v) is 2.54. The first-order valence-corrected chi connectivity index (χ1v) is 4.22. The fraction of sp³-hybridized carbons (Fsp3) is 0.429. The molecular formula is C7H6BrNO2. The number of carbonyl (C=O) groups is 1. The van der Waals surface area contributed by atoms with Gasteiger partial charge < -0.3 is 4.52 Å². The first-order valence-electron chi connectivity index (χ1n) is 3.43. The minimum absolute atomic E-state index is 0.367. The molecule has 3 nitrogen and oxygen atoms in total. The molecule has 2 rings (SSSR count). The molecule has 1 aliphatic carbocycles. The van der Waals surface area contributed by atoms with Crippen LogP contribution in [0, 0.1) is 0 Å². The standard InChI is InChI=1S/C7H6BrNO2/c8-6-5(3-10)9-11-7(6)4-1-2-4/h3-4H,1-2H2. The number of aldehydes is 1. The average Bonchev–Trinajstić information content (AvgIpc) is 2.77. The predicted molar refractivity (Wildman–Crippen MR) is 41.6 cm³/mol. The Morgan fingerprint density at radius 1 is 1.64 bits per heavy atom. The minimum Gasteiger partial charge on any atom is -0.359 e. The number of aromatic nitrogens is 1. The molecule has 4 heteroatoms. The normalized spacial score (nSPS) is 16.8. The molecule has 0 N–H and O–H groups in total. The molecule has 58 valence electrons. The van der Waals surface area contributed by atoms with Crippen molar-refractivity contribution in [3.63, 3.8) is 0 Å². The van der Waals surface area contributed by atoms with Gasteiger partial charge in [-0.2, -0.15) is 0 Å². The maximum absolute atomic E-state index is 10.3. The van der Waals surface area contributed by atoms with Crippen molar-refractivity contribution in [2.24, 2.45) is 0 Å². The van der Waals surface area contributed by atoms with Crippen LogP contribution in [0.4, 0.5) is 0 Å². The molecule has 0 atom stereocenters. The van der Waals surface area contributed by atoms with Gasteiger partial charge in [0.25, 0.3) is 0 Å². The van der Waals surface area contributed by atoms with Crippen molar-refractivity contribution in [2.45, 2.75) is 18.8 Å². The number of carbonyl (C=O) groups excluding carboxylic acids is 1. The molecule has 1 heterocycles. The van der Waals surface area contributed by atoms with Crippen molar-refractivity contribution in [3.8, 4) is 0 Å². The lowest BCUT2D eigenvalue weighted by atomic mass is 10.3. The molecule has 1 fully saturated rings. The highest BCUT2D eigenvalue weighted by Crippen LogP contribution is 2.43. The maximum atomic E-state index is 10.3. The summed E-state index contributed by atoms with van der Waals surface area (Å²) in [5.74, 6) is 1.32. The number of hydrogen-bond donors (Lipinski definition) is 0. The first-order chi connectivity index (χ1) is 5.33. The zero-order valence-electron chi connectivity index (χ0n) is 5.71. The van der Waals surface area contributed by atoms with Crippen LogP contribution in [0.2, 0.25) is 0 Å². The molecule has 11 heavy (non-hydrogen) atoms. The van der Waals surface area contributed by atoms with E-state index in [0.29, 0.717) is 17.9 Å². The zero-order valence-corrected chi connectivity index (χ0v) is 7.30. The van der Waals surface area contributed by atoms with E-state index in [1.807, 2.05) is 0 Å². The molecule has 1 aromatic heterocycles. The summed E-state index contributed by atoms with van der Waals surface area (Å²) in [4.78, 5) is 10.3. The monoisotopic (exact) mass is 215 g/mol. The largest absolute Gasteiger partial charge is 0.359 e. The fourth-order valence-corrected chi connectivity index (χ4v) is 1.54. The van der Waals surface area contributed by atoms with Crippen molar-refractivity contribution < 1.29 is 9.32 Å². The van der Waals surface area contributed by atoms with Crippen LogP contribution in [-0.4, -0.2) is 11.4 Å². The molecule has 0 unspecified atom stereocenters. The Morgan fingerprint density at radius 3 is 2.82 bits per heavy atom. The second-order valence-electron chi connectivity index (χ2n) is 2.64. The van der Waals surface area contributed by atoms with Gasteiger partial charge in [0.1, 0.15) is 0 Å². The number of halogens is 1. The lowest BCUT2D eigenvalue weighted by Crippen LogP contribution is -1.79. The van der Waals surface area contributed by atoms with Crippen LogP contribution in [-0.2, 0) is 0 Å². The molecule has 1 saturated carbocycles. The lowest BCUT2D eigenvalue weighted by molar-refractivity contribution is 0.111. The van der Waals surface area contributed by atoms with Gasteiger partial charge in [-0.15, -0.1) is 0 Å². The molecule has 0 aromatic carbocycles. The molecule has 0 aliphatic heterocycles. The van der Waals surface area contributed by atoms with Crippen LogP contribution >= 0.6 is 15.9 Å². The summed E-state index contributed by atoms with van der Waals surface area (Å²) in [5, 5.41) is 3.61. The van der Waals surface area contributed by atoms with Gasteiger partial charge in [-0.3, -0.25) is 4.79 Å². The molecular weight excluding hydrogens is 210 g/mol. The number of rotatable bonds is 2. The van der Waals surface area contributed by atoms with E-state index in [0.717, 1.165) is 23.1 Å². The molecule has 0 spiro atoms. The summed E-state index contributed by atoms with van der Waals surface area (Å²) in [6.07, 6.45) is 2.98. The molecule has 0 saturated heterocycles. The Bertz CT molecular complexity index is 291. The van der Waals surface area contributed by atoms with Crippen molar-refractivity contribution >= 4 is 22.2 Å². The lowest BCUT2D eigenvalue weighted by Gasteiger charge is -1.86.